The van der Waals surface area contributed by atoms with Crippen LogP contribution in [0.4, 0.5) is 4.39 Å². The Morgan fingerprint density at radius 3 is 1.61 bits per heavy atom. The molecule has 0 aliphatic carbocycles. The number of hydrogen-bond acceptors (Lipinski definition) is 19. The number of carboxylic acids is 1. The maximum Gasteiger partial charge on any atom is 0.305 e. The van der Waals surface area contributed by atoms with Crippen molar-refractivity contribution in [3.05, 3.63) is 173 Å². The summed E-state index contributed by atoms with van der Waals surface area (Å²) in [5, 5.41) is 45.8. The van der Waals surface area contributed by atoms with Gasteiger partial charge in [-0.2, -0.15) is 0 Å². The molecule has 700 valence electrons. The van der Waals surface area contributed by atoms with Crippen LogP contribution in [0.1, 0.15) is 133 Å². The number of aromatic hydroxyl groups is 1. The molecule has 0 radical (unpaired) electrons. The summed E-state index contributed by atoms with van der Waals surface area (Å²) in [6.07, 6.45) is 0.992. The summed E-state index contributed by atoms with van der Waals surface area (Å²) in [6, 6.07) is 15.7. The molecule has 3 fully saturated rings. The summed E-state index contributed by atoms with van der Waals surface area (Å²) >= 11 is 0.798. The SMILES string of the molecule is CCCC[C@H]1C(=O)N2CCC[C@@H]2C(=O)N[C@@H](CC(=O)O)C(=O)N[C@@H](C(C)C)C(=O)N(C)[C@@H](Cc2ccccc2)C(=O)N[C@@H](CCCN)C(=O)N2CCC[C@@H]2C(=O)N[C@@H](Cc2c[nH]c3ccccc23)C(=O)N[C@@H](Cc2ccc(O)cc2)C(=O)N[C@@H](CC(C)C)C(=O)N[C@H](C(=O)NCC(N)=O)CSCC(=O)N[C@@H](Cc2ccc(F)cc2)C(=O)N(C)[C@@H](Cc2ccccc2)C(=O)N1C. The maximum absolute atomic E-state index is 15.7. The minimum Gasteiger partial charge on any atom is -0.508 e. The van der Waals surface area contributed by atoms with E-state index in [2.05, 4.69) is 52.8 Å². The summed E-state index contributed by atoms with van der Waals surface area (Å²) in [5.74, 6) is -17.5. The molecule has 130 heavy (non-hydrogen) atoms. The van der Waals surface area contributed by atoms with Crippen LogP contribution in [0.3, 0.4) is 0 Å². The third-order valence-corrected chi connectivity index (χ3v) is 24.6. The van der Waals surface area contributed by atoms with Gasteiger partial charge in [0, 0.05) is 89.2 Å². The number of phenols is 1. The number of amides is 15. The Morgan fingerprint density at radius 1 is 0.515 bits per heavy atom. The summed E-state index contributed by atoms with van der Waals surface area (Å²) in [7, 11) is 4.03. The third kappa shape index (κ3) is 28.4. The molecule has 6 aromatic rings. The molecular formula is C93H122FN17O18S. The molecule has 13 atom stereocenters. The van der Waals surface area contributed by atoms with E-state index in [1.807, 2.05) is 6.92 Å². The molecule has 0 saturated carbocycles. The van der Waals surface area contributed by atoms with E-state index in [0.717, 1.165) is 33.7 Å². The van der Waals surface area contributed by atoms with Gasteiger partial charge in [0.15, 0.2) is 0 Å². The number of halogens is 1. The van der Waals surface area contributed by atoms with E-state index in [9.17, 15) is 43.4 Å². The van der Waals surface area contributed by atoms with Gasteiger partial charge in [0.25, 0.3) is 0 Å². The highest BCUT2D eigenvalue weighted by Gasteiger charge is 2.46. The number of likely N-dealkylation sites (N-methyl/N-ethyl adjacent to an activating group) is 3. The Balaban J connectivity index is 1.12. The number of carboxylic acid groups (broad SMARTS) is 1. The fraction of sp³-hybridized carbons (Fsp3) is 0.484. The molecule has 4 heterocycles. The number of nitrogens with one attached hydrogen (secondary N) is 10. The summed E-state index contributed by atoms with van der Waals surface area (Å²) in [5.41, 5.74) is 14.7. The van der Waals surface area contributed by atoms with Crippen LogP contribution in [0, 0.1) is 17.7 Å². The van der Waals surface area contributed by atoms with Gasteiger partial charge in [0.2, 0.25) is 88.6 Å². The Hall–Kier alpha value is -12.8. The summed E-state index contributed by atoms with van der Waals surface area (Å²) < 4.78 is 14.6. The first-order chi connectivity index (χ1) is 62.0. The fourth-order valence-electron chi connectivity index (χ4n) is 16.4. The Labute approximate surface area is 759 Å². The number of benzene rings is 5. The number of rotatable bonds is 24. The molecule has 3 aliphatic heterocycles. The predicted octanol–water partition coefficient (Wildman–Crippen LogP) is 2.32. The van der Waals surface area contributed by atoms with Crippen molar-refractivity contribution >= 4 is 117 Å². The second kappa shape index (κ2) is 48.6. The lowest BCUT2D eigenvalue weighted by Crippen LogP contribution is -2.62. The lowest BCUT2D eigenvalue weighted by Gasteiger charge is -2.38. The number of fused-ring (bicyclic) bond motifs is 3. The molecule has 3 aliphatic rings. The van der Waals surface area contributed by atoms with Gasteiger partial charge in [-0.1, -0.05) is 151 Å². The number of primary amides is 1. The van der Waals surface area contributed by atoms with Crippen molar-refractivity contribution in [2.45, 2.75) is 216 Å². The highest BCUT2D eigenvalue weighted by atomic mass is 32.2. The number of carbonyl (C=O) groups is 16. The topological polar surface area (TPSA) is 506 Å². The molecule has 35 nitrogen and oxygen atoms in total. The molecule has 0 spiro atoms. The number of aliphatic carboxylic acids is 1. The monoisotopic (exact) mass is 1820 g/mol. The van der Waals surface area contributed by atoms with Crippen LogP contribution < -0.4 is 59.3 Å². The number of hydrogen-bond donors (Lipinski definition) is 14. The molecule has 37 heteroatoms. The van der Waals surface area contributed by atoms with Gasteiger partial charge in [-0.25, -0.2) is 4.39 Å². The number of thioether (sulfide) groups is 1. The minimum absolute atomic E-state index is 0.0136. The first-order valence-electron chi connectivity index (χ1n) is 44.1. The standard InChI is InChI=1S/C93H122FN17O18S/c1-9-10-29-74-92(128)111-42-21-31-73(111)87(123)104-69(49-79(115)116)85(121)106-80(55(4)5)93(129)108(7)75(46-56-22-13-11-14-23-56)88(124)100-65(28-19-40-95)90(126)110-41-20-30-72(110)86(122)103-68(48-60-50-97-64-27-18-17-26-63(60)64)84(120)102-67(44-59-34-38-62(112)39-35-59)83(119)101-66(43-54(2)3)82(118)105-71(81(117)98-51-77(96)113)52-130-53-78(114)99-70(45-58-32-36-61(94)37-33-58)89(125)109(8)76(91(127)107(74)6)47-57-24-15-12-16-25-57/h11-18,22-27,32-39,50,54-55,65-76,80,97,112H,9-10,19-21,28-31,40-49,51-53,95H2,1-8H3,(H2,96,113)(H,98,117)(H,99,114)(H,100,124)(H,101,119)(H,102,120)(H,103,122)(H,104,123)(H,105,118)(H,106,121)(H,115,116)/t65-,66-,67-,68-,69-,70-,71-,72+,73+,74-,75-,76-,80-/m0/s1. The zero-order chi connectivity index (χ0) is 94.6. The van der Waals surface area contributed by atoms with E-state index >= 15 is 47.9 Å². The van der Waals surface area contributed by atoms with Crippen LogP contribution in [-0.2, 0) is 109 Å². The molecule has 0 unspecified atom stereocenters. The molecule has 5 aromatic carbocycles. The average Bonchev–Trinajstić information content (AvgIpc) is 1.08. The van der Waals surface area contributed by atoms with Crippen LogP contribution in [0.15, 0.2) is 140 Å². The van der Waals surface area contributed by atoms with E-state index in [4.69, 9.17) is 11.5 Å². The van der Waals surface area contributed by atoms with Crippen LogP contribution in [0.5, 0.6) is 5.75 Å². The number of H-pyrrole nitrogens is 1. The van der Waals surface area contributed by atoms with Gasteiger partial charge in [0.1, 0.15) is 90.1 Å². The molecule has 1 aromatic heterocycles. The Kier molecular flexibility index (Phi) is 37.7. The number of aromatic nitrogens is 1. The molecular weight excluding hydrogens is 1690 g/mol. The first-order valence-corrected chi connectivity index (χ1v) is 45.2. The minimum atomic E-state index is -1.89. The predicted molar refractivity (Wildman–Crippen MR) is 483 cm³/mol. The number of para-hydroxylation sites is 1. The smallest absolute Gasteiger partial charge is 0.305 e. The van der Waals surface area contributed by atoms with Crippen molar-refractivity contribution in [1.82, 2.24) is 77.3 Å². The van der Waals surface area contributed by atoms with Gasteiger partial charge in [-0.05, 0) is 128 Å². The molecule has 16 N–H and O–H groups in total. The number of nitrogens with two attached hydrogens (primary N) is 2. The van der Waals surface area contributed by atoms with Gasteiger partial charge < -0.3 is 99.0 Å². The molecule has 15 amide bonds. The highest BCUT2D eigenvalue weighted by Crippen LogP contribution is 2.28. The van der Waals surface area contributed by atoms with Crippen molar-refractivity contribution < 1.29 is 91.3 Å². The van der Waals surface area contributed by atoms with Crippen molar-refractivity contribution in [2.24, 2.45) is 23.3 Å². The maximum atomic E-state index is 15.7. The van der Waals surface area contributed by atoms with Gasteiger partial charge in [-0.3, -0.25) is 76.7 Å². The lowest BCUT2D eigenvalue weighted by molar-refractivity contribution is -0.152. The summed E-state index contributed by atoms with van der Waals surface area (Å²) in [4.78, 5) is 247. The van der Waals surface area contributed by atoms with Gasteiger partial charge in [0.05, 0.1) is 18.7 Å². The highest BCUT2D eigenvalue weighted by molar-refractivity contribution is 8.00. The second-order valence-electron chi connectivity index (χ2n) is 34.1. The van der Waals surface area contributed by atoms with Gasteiger partial charge in [-0.15, -0.1) is 11.8 Å². The Morgan fingerprint density at radius 2 is 1.02 bits per heavy atom. The normalized spacial score (nSPS) is 23.9. The molecule has 0 bridgehead atoms. The van der Waals surface area contributed by atoms with Crippen LogP contribution in [-0.4, -0.2) is 272 Å². The summed E-state index contributed by atoms with van der Waals surface area (Å²) in [6.45, 7) is 7.82. The lowest BCUT2D eigenvalue weighted by atomic mass is 9.98. The van der Waals surface area contributed by atoms with E-state index in [1.165, 1.54) is 72.2 Å². The van der Waals surface area contributed by atoms with Crippen molar-refractivity contribution in [3.63, 3.8) is 0 Å². The van der Waals surface area contributed by atoms with E-state index in [-0.39, 0.29) is 115 Å². The second-order valence-corrected chi connectivity index (χ2v) is 35.2. The van der Waals surface area contributed by atoms with Crippen molar-refractivity contribution in [2.75, 3.05) is 58.8 Å². The zero-order valence-electron chi connectivity index (χ0n) is 74.6. The fourth-order valence-corrected chi connectivity index (χ4v) is 17.3. The van der Waals surface area contributed by atoms with Crippen molar-refractivity contribution in [3.8, 4) is 5.75 Å². The van der Waals surface area contributed by atoms with E-state index < -0.39 is 209 Å². The molecule has 3 saturated heterocycles. The third-order valence-electron chi connectivity index (χ3n) is 23.6. The van der Waals surface area contributed by atoms with Crippen LogP contribution >= 0.6 is 11.8 Å². The number of phenolic OH excluding ortho intramolecular Hbond substituents is 1. The number of aromatic amines is 1. The number of carbonyl (C=O) groups excluding carboxylic acids is 15. The van der Waals surface area contributed by atoms with Crippen LogP contribution in [0.25, 0.3) is 10.9 Å². The zero-order valence-corrected chi connectivity index (χ0v) is 75.4. The quantitative estimate of drug-likeness (QED) is 0.0413. The average molecular weight is 1820 g/mol. The Bertz CT molecular complexity index is 4970. The number of nitrogens with zero attached hydrogens (tertiary/aromatic N) is 5. The first kappa shape index (κ1) is 101. The largest absolute Gasteiger partial charge is 0.508 e. The van der Waals surface area contributed by atoms with Crippen LogP contribution in [0.2, 0.25) is 0 Å². The van der Waals surface area contributed by atoms with E-state index in [0.29, 0.717) is 51.6 Å². The number of unbranched alkanes of at least 4 members (excludes halogenated alkanes) is 1. The van der Waals surface area contributed by atoms with E-state index in [1.54, 1.807) is 119 Å². The van der Waals surface area contributed by atoms with Gasteiger partial charge >= 0.3 is 5.97 Å². The van der Waals surface area contributed by atoms with Crippen molar-refractivity contribution in [1.29, 1.82) is 0 Å². The molecule has 9 rings (SSSR count).